The molecule has 2 aromatic rings. The van der Waals surface area contributed by atoms with Crippen LogP contribution >= 0.6 is 0 Å². The molecule has 0 atom stereocenters. The van der Waals surface area contributed by atoms with Gasteiger partial charge in [0.2, 0.25) is 10.0 Å². The van der Waals surface area contributed by atoms with E-state index in [4.69, 9.17) is 9.88 Å². The molecule has 0 aromatic heterocycles. The third-order valence-electron chi connectivity index (χ3n) is 2.90. The summed E-state index contributed by atoms with van der Waals surface area (Å²) in [5.41, 5.74) is 2.56. The van der Waals surface area contributed by atoms with E-state index in [1.807, 2.05) is 37.3 Å². The molecule has 5 heteroatoms. The summed E-state index contributed by atoms with van der Waals surface area (Å²) in [5, 5.41) is 5.22. The number of benzene rings is 2. The zero-order chi connectivity index (χ0) is 14.0. The largest absolute Gasteiger partial charge is 0.495 e. The molecule has 0 aliphatic heterocycles. The SMILES string of the molecule is COc1c(S(N)(=O)=O)ccc(C)c1-c1ccccc1. The van der Waals surface area contributed by atoms with Gasteiger partial charge in [-0.3, -0.25) is 0 Å². The van der Waals surface area contributed by atoms with E-state index in [-0.39, 0.29) is 10.6 Å². The number of primary sulfonamides is 1. The van der Waals surface area contributed by atoms with Crippen molar-refractivity contribution < 1.29 is 13.2 Å². The zero-order valence-electron chi connectivity index (χ0n) is 10.8. The second-order valence-electron chi connectivity index (χ2n) is 4.20. The third kappa shape index (κ3) is 2.62. The molecule has 0 aliphatic rings. The highest BCUT2D eigenvalue weighted by Crippen LogP contribution is 2.37. The summed E-state index contributed by atoms with van der Waals surface area (Å²) >= 11 is 0. The number of hydrogen-bond donors (Lipinski definition) is 1. The quantitative estimate of drug-likeness (QED) is 0.936. The molecule has 0 amide bonds. The third-order valence-corrected chi connectivity index (χ3v) is 3.84. The summed E-state index contributed by atoms with van der Waals surface area (Å²) in [7, 11) is -2.38. The summed E-state index contributed by atoms with van der Waals surface area (Å²) in [6.45, 7) is 1.90. The molecule has 100 valence electrons. The van der Waals surface area contributed by atoms with Crippen LogP contribution in [-0.2, 0) is 10.0 Å². The minimum absolute atomic E-state index is 0.000506. The van der Waals surface area contributed by atoms with Crippen LogP contribution in [0.25, 0.3) is 11.1 Å². The predicted molar refractivity (Wildman–Crippen MR) is 74.5 cm³/mol. The van der Waals surface area contributed by atoms with Crippen LogP contribution < -0.4 is 9.88 Å². The van der Waals surface area contributed by atoms with Gasteiger partial charge in [-0.05, 0) is 24.1 Å². The lowest BCUT2D eigenvalue weighted by atomic mass is 9.99. The Balaban J connectivity index is 2.81. The average molecular weight is 277 g/mol. The number of aryl methyl sites for hydroxylation is 1. The summed E-state index contributed by atoms with van der Waals surface area (Å²) in [6.07, 6.45) is 0. The minimum Gasteiger partial charge on any atom is -0.495 e. The number of sulfonamides is 1. The Kier molecular flexibility index (Phi) is 3.59. The van der Waals surface area contributed by atoms with E-state index in [0.717, 1.165) is 16.7 Å². The molecular formula is C14H15NO3S. The molecule has 0 spiro atoms. The van der Waals surface area contributed by atoms with Crippen LogP contribution in [0.3, 0.4) is 0 Å². The van der Waals surface area contributed by atoms with E-state index >= 15 is 0 Å². The van der Waals surface area contributed by atoms with Gasteiger partial charge in [-0.15, -0.1) is 0 Å². The van der Waals surface area contributed by atoms with Gasteiger partial charge >= 0.3 is 0 Å². The van der Waals surface area contributed by atoms with Gasteiger partial charge in [-0.1, -0.05) is 36.4 Å². The molecule has 0 heterocycles. The van der Waals surface area contributed by atoms with Crippen molar-refractivity contribution in [1.82, 2.24) is 0 Å². The number of rotatable bonds is 3. The van der Waals surface area contributed by atoms with Gasteiger partial charge in [0.05, 0.1) is 7.11 Å². The van der Waals surface area contributed by atoms with Crippen LogP contribution in [-0.4, -0.2) is 15.5 Å². The second kappa shape index (κ2) is 5.03. The Morgan fingerprint density at radius 2 is 1.68 bits per heavy atom. The summed E-state index contributed by atoms with van der Waals surface area (Å²) < 4.78 is 28.5. The average Bonchev–Trinajstić information content (AvgIpc) is 2.37. The molecule has 0 radical (unpaired) electrons. The minimum atomic E-state index is -3.82. The topological polar surface area (TPSA) is 69.4 Å². The smallest absolute Gasteiger partial charge is 0.241 e. The molecule has 19 heavy (non-hydrogen) atoms. The van der Waals surface area contributed by atoms with Crippen molar-refractivity contribution in [3.63, 3.8) is 0 Å². The van der Waals surface area contributed by atoms with Gasteiger partial charge in [0.15, 0.2) is 0 Å². The maximum absolute atomic E-state index is 11.6. The molecule has 0 saturated heterocycles. The number of ether oxygens (including phenoxy) is 1. The maximum Gasteiger partial charge on any atom is 0.241 e. The number of nitrogens with two attached hydrogens (primary N) is 1. The summed E-state index contributed by atoms with van der Waals surface area (Å²) in [4.78, 5) is -0.000506. The summed E-state index contributed by atoms with van der Waals surface area (Å²) in [5.74, 6) is 0.286. The van der Waals surface area contributed by atoms with Crippen LogP contribution in [0, 0.1) is 6.92 Å². The highest BCUT2D eigenvalue weighted by Gasteiger charge is 2.20. The first-order chi connectivity index (χ1) is 8.95. The van der Waals surface area contributed by atoms with E-state index in [9.17, 15) is 8.42 Å². The molecule has 0 saturated carbocycles. The van der Waals surface area contributed by atoms with Crippen molar-refractivity contribution in [2.75, 3.05) is 7.11 Å². The zero-order valence-corrected chi connectivity index (χ0v) is 11.6. The first-order valence-corrected chi connectivity index (χ1v) is 7.25. The van der Waals surface area contributed by atoms with E-state index in [2.05, 4.69) is 0 Å². The van der Waals surface area contributed by atoms with Crippen molar-refractivity contribution in [3.8, 4) is 16.9 Å². The lowest BCUT2D eigenvalue weighted by Gasteiger charge is -2.15. The van der Waals surface area contributed by atoms with E-state index in [1.165, 1.54) is 13.2 Å². The van der Waals surface area contributed by atoms with Gasteiger partial charge in [0.1, 0.15) is 10.6 Å². The first kappa shape index (κ1) is 13.6. The van der Waals surface area contributed by atoms with Crippen LogP contribution in [0.4, 0.5) is 0 Å². The monoisotopic (exact) mass is 277 g/mol. The van der Waals surface area contributed by atoms with Crippen LogP contribution in [0.2, 0.25) is 0 Å². The van der Waals surface area contributed by atoms with Crippen LogP contribution in [0.15, 0.2) is 47.4 Å². The maximum atomic E-state index is 11.6. The van der Waals surface area contributed by atoms with E-state index in [1.54, 1.807) is 6.07 Å². The lowest BCUT2D eigenvalue weighted by molar-refractivity contribution is 0.404. The van der Waals surface area contributed by atoms with Crippen LogP contribution in [0.5, 0.6) is 5.75 Å². The van der Waals surface area contributed by atoms with Crippen molar-refractivity contribution >= 4 is 10.0 Å². The highest BCUT2D eigenvalue weighted by molar-refractivity contribution is 7.89. The fourth-order valence-corrected chi connectivity index (χ4v) is 2.75. The van der Waals surface area contributed by atoms with Crippen LogP contribution in [0.1, 0.15) is 5.56 Å². The molecule has 0 fully saturated rings. The van der Waals surface area contributed by atoms with E-state index < -0.39 is 10.0 Å². The number of methoxy groups -OCH3 is 1. The molecule has 2 N–H and O–H groups in total. The molecule has 4 nitrogen and oxygen atoms in total. The normalized spacial score (nSPS) is 11.3. The Labute approximate surface area is 112 Å². The summed E-state index contributed by atoms with van der Waals surface area (Å²) in [6, 6.07) is 12.7. The molecule has 0 aliphatic carbocycles. The van der Waals surface area contributed by atoms with Crippen molar-refractivity contribution in [3.05, 3.63) is 48.0 Å². The van der Waals surface area contributed by atoms with Crippen molar-refractivity contribution in [1.29, 1.82) is 0 Å². The second-order valence-corrected chi connectivity index (χ2v) is 5.73. The fraction of sp³-hybridized carbons (Fsp3) is 0.143. The molecule has 0 bridgehead atoms. The Morgan fingerprint density at radius 3 is 2.21 bits per heavy atom. The standard InChI is InChI=1S/C14H15NO3S/c1-10-8-9-12(19(15,16)17)14(18-2)13(10)11-6-4-3-5-7-11/h3-9H,1-2H3,(H2,15,16,17). The van der Waals surface area contributed by atoms with Gasteiger partial charge < -0.3 is 4.74 Å². The van der Waals surface area contributed by atoms with Crippen molar-refractivity contribution in [2.45, 2.75) is 11.8 Å². The van der Waals surface area contributed by atoms with Gasteiger partial charge in [-0.25, -0.2) is 13.6 Å². The first-order valence-electron chi connectivity index (χ1n) is 5.71. The van der Waals surface area contributed by atoms with Gasteiger partial charge in [0, 0.05) is 5.56 Å². The molecule has 0 unspecified atom stereocenters. The Morgan fingerprint density at radius 1 is 1.05 bits per heavy atom. The van der Waals surface area contributed by atoms with Gasteiger partial charge in [0.25, 0.3) is 0 Å². The van der Waals surface area contributed by atoms with E-state index in [0.29, 0.717) is 0 Å². The fourth-order valence-electron chi connectivity index (χ4n) is 2.05. The highest BCUT2D eigenvalue weighted by atomic mass is 32.2. The van der Waals surface area contributed by atoms with Gasteiger partial charge in [-0.2, -0.15) is 0 Å². The molecular weight excluding hydrogens is 262 g/mol. The number of hydrogen-bond acceptors (Lipinski definition) is 3. The molecule has 2 aromatic carbocycles. The Bertz CT molecular complexity index is 694. The predicted octanol–water partition coefficient (Wildman–Crippen LogP) is 2.32. The lowest BCUT2D eigenvalue weighted by Crippen LogP contribution is -2.14. The Hall–Kier alpha value is -1.85. The molecule has 2 rings (SSSR count). The van der Waals surface area contributed by atoms with Crippen molar-refractivity contribution in [2.24, 2.45) is 5.14 Å².